The van der Waals surface area contributed by atoms with E-state index < -0.39 is 0 Å². The van der Waals surface area contributed by atoms with Crippen molar-refractivity contribution in [1.82, 2.24) is 14.5 Å². The second-order valence-electron chi connectivity index (χ2n) is 12.2. The van der Waals surface area contributed by atoms with E-state index in [1.54, 1.807) is 0 Å². The quantitative estimate of drug-likeness (QED) is 0.214. The molecule has 8 aromatic rings. The molecule has 0 fully saturated rings. The molecule has 0 atom stereocenters. The molecule has 0 N–H and O–H groups in total. The van der Waals surface area contributed by atoms with Crippen molar-refractivity contribution in [3.8, 4) is 39.6 Å². The lowest BCUT2D eigenvalue weighted by Crippen LogP contribution is -2.15. The Morgan fingerprint density at radius 3 is 1.86 bits per heavy atom. The van der Waals surface area contributed by atoms with Crippen molar-refractivity contribution in [2.24, 2.45) is 0 Å². The first-order valence-electron chi connectivity index (χ1n) is 15.2. The van der Waals surface area contributed by atoms with Crippen molar-refractivity contribution >= 4 is 32.6 Å². The van der Waals surface area contributed by atoms with E-state index in [1.165, 1.54) is 43.8 Å². The highest BCUT2D eigenvalue weighted by Crippen LogP contribution is 2.55. The maximum Gasteiger partial charge on any atom is 0.235 e. The van der Waals surface area contributed by atoms with Crippen LogP contribution in [0.4, 0.5) is 0 Å². The van der Waals surface area contributed by atoms with Crippen LogP contribution in [0, 0.1) is 0 Å². The number of hydrogen-bond acceptors (Lipinski definition) is 2. The molecular weight excluding hydrogens is 534 g/mol. The van der Waals surface area contributed by atoms with Gasteiger partial charge in [0.2, 0.25) is 5.95 Å². The van der Waals surface area contributed by atoms with E-state index in [9.17, 15) is 0 Å². The number of aromatic nitrogens is 3. The van der Waals surface area contributed by atoms with Crippen LogP contribution < -0.4 is 0 Å². The molecule has 0 saturated carbocycles. The van der Waals surface area contributed by atoms with Crippen molar-refractivity contribution in [3.63, 3.8) is 0 Å². The van der Waals surface area contributed by atoms with Gasteiger partial charge in [-0.05, 0) is 51.2 Å². The molecule has 0 spiro atoms. The second-order valence-corrected chi connectivity index (χ2v) is 12.2. The molecule has 9 rings (SSSR count). The van der Waals surface area contributed by atoms with Crippen LogP contribution in [0.15, 0.2) is 140 Å². The van der Waals surface area contributed by atoms with Crippen LogP contribution in [-0.2, 0) is 5.41 Å². The average molecular weight is 564 g/mol. The zero-order chi connectivity index (χ0) is 29.4. The highest BCUT2D eigenvalue weighted by Gasteiger charge is 2.39. The van der Waals surface area contributed by atoms with Gasteiger partial charge in [0.15, 0.2) is 0 Å². The fraction of sp³-hybridized carbons (Fsp3) is 0.0732. The van der Waals surface area contributed by atoms with Gasteiger partial charge in [-0.2, -0.15) is 0 Å². The maximum absolute atomic E-state index is 5.23. The lowest BCUT2D eigenvalue weighted by atomic mass is 9.80. The molecule has 208 valence electrons. The van der Waals surface area contributed by atoms with Gasteiger partial charge in [-0.3, -0.25) is 4.57 Å². The topological polar surface area (TPSA) is 30.7 Å². The van der Waals surface area contributed by atoms with Gasteiger partial charge in [0.05, 0.1) is 22.4 Å². The van der Waals surface area contributed by atoms with E-state index in [2.05, 4.69) is 146 Å². The summed E-state index contributed by atoms with van der Waals surface area (Å²) >= 11 is 0. The second kappa shape index (κ2) is 9.23. The first-order chi connectivity index (χ1) is 21.6. The predicted molar refractivity (Wildman–Crippen MR) is 182 cm³/mol. The van der Waals surface area contributed by atoms with Gasteiger partial charge >= 0.3 is 0 Å². The van der Waals surface area contributed by atoms with Crippen molar-refractivity contribution in [3.05, 3.63) is 151 Å². The summed E-state index contributed by atoms with van der Waals surface area (Å²) in [6.45, 7) is 4.75. The van der Waals surface area contributed by atoms with E-state index in [4.69, 9.17) is 9.97 Å². The minimum absolute atomic E-state index is 0.175. The monoisotopic (exact) mass is 563 g/mol. The maximum atomic E-state index is 5.23. The highest BCUT2D eigenvalue weighted by atomic mass is 15.2. The molecule has 0 saturated heterocycles. The van der Waals surface area contributed by atoms with Crippen LogP contribution in [0.2, 0.25) is 0 Å². The summed E-state index contributed by atoms with van der Waals surface area (Å²) in [6, 6.07) is 49.6. The SMILES string of the molecule is CC1(C)c2ccc3ccccc3c2-c2ccc3c(c21)c1ccccc1n3-c1nc(-c2ccccc2)cc(-c2ccccc2)n1. The lowest BCUT2D eigenvalue weighted by Gasteiger charge is -2.23. The van der Waals surface area contributed by atoms with Crippen LogP contribution >= 0.6 is 0 Å². The molecule has 44 heavy (non-hydrogen) atoms. The predicted octanol–water partition coefficient (Wildman–Crippen LogP) is 10.4. The van der Waals surface area contributed by atoms with E-state index in [0.717, 1.165) is 33.5 Å². The number of nitrogens with zero attached hydrogens (tertiary/aromatic N) is 3. The van der Waals surface area contributed by atoms with E-state index >= 15 is 0 Å². The normalized spacial score (nSPS) is 13.4. The van der Waals surface area contributed by atoms with Gasteiger partial charge < -0.3 is 0 Å². The molecule has 1 aliphatic carbocycles. The Morgan fingerprint density at radius 1 is 0.545 bits per heavy atom. The molecule has 0 radical (unpaired) electrons. The Hall–Kier alpha value is -5.54. The molecule has 2 heterocycles. The summed E-state index contributed by atoms with van der Waals surface area (Å²) in [5, 5.41) is 5.08. The zero-order valence-corrected chi connectivity index (χ0v) is 24.6. The van der Waals surface area contributed by atoms with E-state index in [0.29, 0.717) is 5.95 Å². The summed E-state index contributed by atoms with van der Waals surface area (Å²) in [7, 11) is 0. The molecule has 0 bridgehead atoms. The molecule has 2 aromatic heterocycles. The average Bonchev–Trinajstić information content (AvgIpc) is 3.54. The molecule has 1 aliphatic rings. The van der Waals surface area contributed by atoms with Crippen LogP contribution in [-0.4, -0.2) is 14.5 Å². The zero-order valence-electron chi connectivity index (χ0n) is 24.6. The number of para-hydroxylation sites is 1. The van der Waals surface area contributed by atoms with Crippen molar-refractivity contribution in [1.29, 1.82) is 0 Å². The lowest BCUT2D eigenvalue weighted by molar-refractivity contribution is 0.667. The number of rotatable bonds is 3. The molecule has 0 unspecified atom stereocenters. The third-order valence-electron chi connectivity index (χ3n) is 9.39. The standard InChI is InChI=1S/C41H29N3/c1-41(2)32-23-21-26-13-9-10-18-29(26)37(32)31-22-24-36-38(39(31)41)30-19-11-12-20-35(30)44(36)40-42-33(27-14-5-3-6-15-27)25-34(43-40)28-16-7-4-8-17-28/h3-25H,1-2H3. The molecule has 3 nitrogen and oxygen atoms in total. The largest absolute Gasteiger partial charge is 0.278 e. The Balaban J connectivity index is 1.38. The van der Waals surface area contributed by atoms with Gasteiger partial charge in [0, 0.05) is 27.3 Å². The van der Waals surface area contributed by atoms with Crippen molar-refractivity contribution in [2.75, 3.05) is 0 Å². The fourth-order valence-corrected chi connectivity index (χ4v) is 7.40. The van der Waals surface area contributed by atoms with E-state index in [-0.39, 0.29) is 5.41 Å². The molecule has 0 aliphatic heterocycles. The molecule has 6 aromatic carbocycles. The summed E-state index contributed by atoms with van der Waals surface area (Å²) in [6.07, 6.45) is 0. The molecule has 0 amide bonds. The smallest absolute Gasteiger partial charge is 0.235 e. The van der Waals surface area contributed by atoms with Gasteiger partial charge in [0.1, 0.15) is 0 Å². The van der Waals surface area contributed by atoms with Gasteiger partial charge in [-0.25, -0.2) is 9.97 Å². The minimum Gasteiger partial charge on any atom is -0.278 e. The Labute approximate surface area is 256 Å². The summed E-state index contributed by atoms with van der Waals surface area (Å²) in [5.74, 6) is 0.676. The summed E-state index contributed by atoms with van der Waals surface area (Å²) in [4.78, 5) is 10.5. The Bertz CT molecular complexity index is 2340. The summed E-state index contributed by atoms with van der Waals surface area (Å²) in [5.41, 5.74) is 11.4. The van der Waals surface area contributed by atoms with Crippen molar-refractivity contribution in [2.45, 2.75) is 19.3 Å². The van der Waals surface area contributed by atoms with Crippen LogP contribution in [0.5, 0.6) is 0 Å². The van der Waals surface area contributed by atoms with Gasteiger partial charge in [-0.1, -0.05) is 135 Å². The Morgan fingerprint density at radius 2 is 1.16 bits per heavy atom. The van der Waals surface area contributed by atoms with Crippen LogP contribution in [0.3, 0.4) is 0 Å². The third kappa shape index (κ3) is 3.50. The minimum atomic E-state index is -0.175. The molecular formula is C41H29N3. The summed E-state index contributed by atoms with van der Waals surface area (Å²) < 4.78 is 2.26. The number of benzene rings is 6. The number of fused-ring (bicyclic) bond motifs is 9. The molecule has 3 heteroatoms. The Kier molecular flexibility index (Phi) is 5.24. The third-order valence-corrected chi connectivity index (χ3v) is 9.39. The first kappa shape index (κ1) is 25.0. The van der Waals surface area contributed by atoms with E-state index in [1.807, 2.05) is 12.1 Å². The fourth-order valence-electron chi connectivity index (χ4n) is 7.40. The highest BCUT2D eigenvalue weighted by molar-refractivity contribution is 6.16. The van der Waals surface area contributed by atoms with Crippen molar-refractivity contribution < 1.29 is 0 Å². The van der Waals surface area contributed by atoms with Gasteiger partial charge in [0.25, 0.3) is 0 Å². The van der Waals surface area contributed by atoms with Crippen LogP contribution in [0.1, 0.15) is 25.0 Å². The van der Waals surface area contributed by atoms with Gasteiger partial charge in [-0.15, -0.1) is 0 Å². The number of hydrogen-bond donors (Lipinski definition) is 0. The van der Waals surface area contributed by atoms with Crippen LogP contribution in [0.25, 0.3) is 72.2 Å². The first-order valence-corrected chi connectivity index (χ1v) is 15.2.